The third-order valence-electron chi connectivity index (χ3n) is 11.7. The van der Waals surface area contributed by atoms with E-state index in [2.05, 4.69) is 80.8 Å². The first kappa shape index (κ1) is 64.8. The first-order chi connectivity index (χ1) is 34.7. The van der Waals surface area contributed by atoms with Gasteiger partial charge in [-0.25, -0.2) is 0 Å². The van der Waals surface area contributed by atoms with Crippen LogP contribution in [-0.2, 0) is 23.8 Å². The highest BCUT2D eigenvalue weighted by molar-refractivity contribution is 5.80. The number of aliphatic hydroxyl groups is 5. The third kappa shape index (κ3) is 35.5. The van der Waals surface area contributed by atoms with Crippen LogP contribution < -0.4 is 5.32 Å². The second-order valence-electron chi connectivity index (χ2n) is 18.0. The summed E-state index contributed by atoms with van der Waals surface area (Å²) in [7, 11) is 0. The van der Waals surface area contributed by atoms with Gasteiger partial charge in [0.05, 0.1) is 25.4 Å². The lowest BCUT2D eigenvalue weighted by Gasteiger charge is -2.41. The van der Waals surface area contributed by atoms with E-state index in [0.29, 0.717) is 19.3 Å². The number of unbranched alkanes of at least 4 members (excludes halogenated alkanes) is 12. The fourth-order valence-electron chi connectivity index (χ4n) is 7.42. The normalized spacial score (nSPS) is 20.7. The lowest BCUT2D eigenvalue weighted by atomic mass is 9.99. The Balaban J connectivity index is 2.87. The van der Waals surface area contributed by atoms with Crippen LogP contribution in [0.3, 0.4) is 0 Å². The molecule has 11 heteroatoms. The fourth-order valence-corrected chi connectivity index (χ4v) is 7.42. The van der Waals surface area contributed by atoms with Crippen molar-refractivity contribution >= 4 is 11.9 Å². The monoisotopic (exact) mass is 990 g/mol. The number of hydrogen-bond donors (Lipinski definition) is 6. The predicted molar refractivity (Wildman–Crippen MR) is 291 cm³/mol. The minimum absolute atomic E-state index is 0.0122. The van der Waals surface area contributed by atoms with Crippen molar-refractivity contribution < 1.29 is 49.3 Å². The van der Waals surface area contributed by atoms with Crippen LogP contribution in [0.25, 0.3) is 0 Å². The lowest BCUT2D eigenvalue weighted by Crippen LogP contribution is -2.61. The van der Waals surface area contributed by atoms with Crippen molar-refractivity contribution in [2.24, 2.45) is 0 Å². The Morgan fingerprint density at radius 2 is 1.08 bits per heavy atom. The molecule has 1 aliphatic rings. The highest BCUT2D eigenvalue weighted by Crippen LogP contribution is 2.26. The highest BCUT2D eigenvalue weighted by Gasteiger charge is 2.47. The van der Waals surface area contributed by atoms with Crippen molar-refractivity contribution in [3.63, 3.8) is 0 Å². The van der Waals surface area contributed by atoms with E-state index < -0.39 is 67.4 Å². The summed E-state index contributed by atoms with van der Waals surface area (Å²) < 4.78 is 17.4. The number of hydrogen-bond acceptors (Lipinski definition) is 10. The SMILES string of the molecule is CC/C=C\C/C=C\C/C=C\C/C=C\C/C=C\CCC(O)C(=O)NC(COC1OC(CO)C(O)C(O)C1OC(=O)CCC/C=C/C=C\C=C/C=C/C=C/CC)C(O)/C=C/CCCCCCCCCCCCC. The van der Waals surface area contributed by atoms with Crippen LogP contribution in [0.15, 0.2) is 134 Å². The molecule has 8 unspecified atom stereocenters. The Labute approximate surface area is 429 Å². The van der Waals surface area contributed by atoms with E-state index in [0.717, 1.165) is 64.2 Å². The Hall–Kier alpha value is -4.20. The summed E-state index contributed by atoms with van der Waals surface area (Å²) in [6, 6.07) is -1.08. The first-order valence-electron chi connectivity index (χ1n) is 27.0. The van der Waals surface area contributed by atoms with Crippen molar-refractivity contribution in [1.82, 2.24) is 5.32 Å². The molecule has 1 fully saturated rings. The number of nitrogens with one attached hydrogen (secondary N) is 1. The molecule has 11 nitrogen and oxygen atoms in total. The number of allylic oxidation sites excluding steroid dienone is 21. The number of carbonyl (C=O) groups is 2. The molecule has 71 heavy (non-hydrogen) atoms. The summed E-state index contributed by atoms with van der Waals surface area (Å²) >= 11 is 0. The predicted octanol–water partition coefficient (Wildman–Crippen LogP) is 11.7. The second-order valence-corrected chi connectivity index (χ2v) is 18.0. The Morgan fingerprint density at radius 3 is 1.65 bits per heavy atom. The summed E-state index contributed by atoms with van der Waals surface area (Å²) in [5.41, 5.74) is 0. The maximum absolute atomic E-state index is 13.3. The lowest BCUT2D eigenvalue weighted by molar-refractivity contribution is -0.305. The van der Waals surface area contributed by atoms with Crippen molar-refractivity contribution in [3.05, 3.63) is 134 Å². The van der Waals surface area contributed by atoms with E-state index >= 15 is 0 Å². The molecule has 1 saturated heterocycles. The number of aliphatic hydroxyl groups excluding tert-OH is 5. The molecule has 1 aliphatic heterocycles. The Morgan fingerprint density at radius 1 is 0.577 bits per heavy atom. The number of carbonyl (C=O) groups excluding carboxylic acids is 2. The summed E-state index contributed by atoms with van der Waals surface area (Å²) in [5.74, 6) is -1.35. The molecular weight excluding hydrogens is 895 g/mol. The van der Waals surface area contributed by atoms with Crippen molar-refractivity contribution in [2.45, 2.75) is 217 Å². The zero-order valence-electron chi connectivity index (χ0n) is 43.8. The number of ether oxygens (including phenoxy) is 3. The standard InChI is InChI=1S/C60H95NO10/c1-4-7-10-13-16-19-22-25-26-27-30-32-35-38-41-44-47-53(64)59(68)61-51(52(63)46-43-40-37-34-31-28-23-20-17-14-11-8-5-2)50-69-60-58(57(67)56(66)54(49-62)70-60)71-55(65)48-45-42-39-36-33-29-24-21-18-15-12-9-6-3/h7,9-10,12,15-16,18-19,21,24-26,29-30,32-33,36,38-39,41,43,46,51-54,56-58,60,62-64,66-67H,4-6,8,11,13-14,17,20,22-23,27-28,31,34-35,37,40,42,44-45,47-50H2,1-3H3,(H,61,68)/b10-7-,12-9+,18-15+,19-16-,24-21-,26-25-,32-30-,33-29-,39-36+,41-38-,46-43+. The molecule has 0 spiro atoms. The van der Waals surface area contributed by atoms with E-state index in [-0.39, 0.29) is 19.4 Å². The minimum atomic E-state index is -1.66. The maximum atomic E-state index is 13.3. The molecular formula is C60H95NO10. The van der Waals surface area contributed by atoms with Crippen LogP contribution in [0.5, 0.6) is 0 Å². The average molecular weight is 990 g/mol. The molecule has 8 atom stereocenters. The minimum Gasteiger partial charge on any atom is -0.454 e. The van der Waals surface area contributed by atoms with Gasteiger partial charge in [0.15, 0.2) is 12.4 Å². The number of esters is 1. The number of rotatable bonds is 42. The molecule has 0 aromatic carbocycles. The van der Waals surface area contributed by atoms with Crippen molar-refractivity contribution in [2.75, 3.05) is 13.2 Å². The fraction of sp³-hybridized carbons (Fsp3) is 0.600. The van der Waals surface area contributed by atoms with Crippen LogP contribution in [0.1, 0.15) is 168 Å². The largest absolute Gasteiger partial charge is 0.454 e. The quantitative estimate of drug-likeness (QED) is 0.0149. The van der Waals surface area contributed by atoms with Crippen molar-refractivity contribution in [3.8, 4) is 0 Å². The van der Waals surface area contributed by atoms with Gasteiger partial charge in [-0.1, -0.05) is 219 Å². The van der Waals surface area contributed by atoms with Gasteiger partial charge in [0.25, 0.3) is 0 Å². The van der Waals surface area contributed by atoms with Crippen LogP contribution >= 0.6 is 0 Å². The summed E-state index contributed by atoms with van der Waals surface area (Å²) in [5, 5.41) is 56.6. The van der Waals surface area contributed by atoms with E-state index in [4.69, 9.17) is 14.2 Å². The second kappa shape index (κ2) is 46.8. The summed E-state index contributed by atoms with van der Waals surface area (Å²) in [4.78, 5) is 26.3. The van der Waals surface area contributed by atoms with Gasteiger partial charge in [-0.05, 0) is 77.0 Å². The molecule has 1 amide bonds. The van der Waals surface area contributed by atoms with Gasteiger partial charge in [-0.15, -0.1) is 0 Å². The molecule has 0 saturated carbocycles. The molecule has 0 aromatic rings. The topological polar surface area (TPSA) is 175 Å². The van der Waals surface area contributed by atoms with E-state index in [1.807, 2.05) is 72.9 Å². The smallest absolute Gasteiger partial charge is 0.306 e. The number of amides is 1. The van der Waals surface area contributed by atoms with E-state index in [1.54, 1.807) is 6.08 Å². The summed E-state index contributed by atoms with van der Waals surface area (Å²) in [6.07, 6.45) is 55.2. The van der Waals surface area contributed by atoms with Crippen LogP contribution in [0, 0.1) is 0 Å². The Kier molecular flexibility index (Phi) is 42.8. The van der Waals surface area contributed by atoms with Gasteiger partial charge in [-0.3, -0.25) is 9.59 Å². The molecule has 0 bridgehead atoms. The molecule has 0 aromatic heterocycles. The van der Waals surface area contributed by atoms with Crippen molar-refractivity contribution in [1.29, 1.82) is 0 Å². The zero-order chi connectivity index (χ0) is 51.8. The van der Waals surface area contributed by atoms with Gasteiger partial charge in [0.2, 0.25) is 5.91 Å². The van der Waals surface area contributed by atoms with Gasteiger partial charge in [0, 0.05) is 6.42 Å². The van der Waals surface area contributed by atoms with Gasteiger partial charge in [-0.2, -0.15) is 0 Å². The molecule has 1 rings (SSSR count). The molecule has 1 heterocycles. The Bertz CT molecular complexity index is 1650. The average Bonchev–Trinajstić information content (AvgIpc) is 3.37. The van der Waals surface area contributed by atoms with E-state index in [9.17, 15) is 35.1 Å². The highest BCUT2D eigenvalue weighted by atomic mass is 16.7. The van der Waals surface area contributed by atoms with Gasteiger partial charge >= 0.3 is 5.97 Å². The molecule has 0 radical (unpaired) electrons. The maximum Gasteiger partial charge on any atom is 0.306 e. The molecule has 400 valence electrons. The van der Waals surface area contributed by atoms with Gasteiger partial charge in [0.1, 0.15) is 24.4 Å². The van der Waals surface area contributed by atoms with Crippen LogP contribution in [0.4, 0.5) is 0 Å². The molecule has 0 aliphatic carbocycles. The van der Waals surface area contributed by atoms with E-state index in [1.165, 1.54) is 51.4 Å². The third-order valence-corrected chi connectivity index (χ3v) is 11.7. The zero-order valence-corrected chi connectivity index (χ0v) is 43.8. The van der Waals surface area contributed by atoms with Crippen LogP contribution in [0.2, 0.25) is 0 Å². The van der Waals surface area contributed by atoms with Crippen LogP contribution in [-0.4, -0.2) is 99.6 Å². The summed E-state index contributed by atoms with van der Waals surface area (Å²) in [6.45, 7) is 5.41. The van der Waals surface area contributed by atoms with Gasteiger partial charge < -0.3 is 45.1 Å². The first-order valence-corrected chi connectivity index (χ1v) is 27.0. The molecule has 6 N–H and O–H groups in total.